The van der Waals surface area contributed by atoms with E-state index < -0.39 is 17.6 Å². The zero-order valence-electron chi connectivity index (χ0n) is 11.6. The van der Waals surface area contributed by atoms with Gasteiger partial charge in [-0.15, -0.1) is 0 Å². The highest BCUT2D eigenvalue weighted by Crippen LogP contribution is 2.27. The summed E-state index contributed by atoms with van der Waals surface area (Å²) < 4.78 is 28.1. The molecule has 1 unspecified atom stereocenters. The predicted octanol–water partition coefficient (Wildman–Crippen LogP) is 3.95. The van der Waals surface area contributed by atoms with E-state index in [0.717, 1.165) is 25.8 Å². The van der Waals surface area contributed by atoms with Gasteiger partial charge in [-0.05, 0) is 53.9 Å². The largest absolute Gasteiger partial charge is 0.481 e. The van der Waals surface area contributed by atoms with Crippen LogP contribution < -0.4 is 0 Å². The van der Waals surface area contributed by atoms with Crippen LogP contribution in [0.15, 0.2) is 16.6 Å². The summed E-state index contributed by atoms with van der Waals surface area (Å²) in [4.78, 5) is 12.7. The average molecular weight is 362 g/mol. The standard InChI is InChI=1S/C15H18BrF2NO2/c16-12-5-6-13(17)11(15(12)18)9-19-8-2-1-3-10(19)4-7-14(20)21/h5-6,10H,1-4,7-9H2,(H,20,21). The van der Waals surface area contributed by atoms with Crippen LogP contribution in [0.2, 0.25) is 0 Å². The van der Waals surface area contributed by atoms with Crippen LogP contribution in [0.3, 0.4) is 0 Å². The first-order chi connectivity index (χ1) is 9.99. The van der Waals surface area contributed by atoms with Crippen LogP contribution in [0.5, 0.6) is 0 Å². The molecule has 6 heteroatoms. The number of rotatable bonds is 5. The van der Waals surface area contributed by atoms with E-state index in [1.807, 2.05) is 4.90 Å². The topological polar surface area (TPSA) is 40.5 Å². The number of carboxylic acid groups (broad SMARTS) is 1. The molecule has 0 aromatic heterocycles. The molecule has 1 fully saturated rings. The summed E-state index contributed by atoms with van der Waals surface area (Å²) in [5.41, 5.74) is 0.0478. The lowest BCUT2D eigenvalue weighted by molar-refractivity contribution is -0.137. The zero-order valence-corrected chi connectivity index (χ0v) is 13.2. The maximum Gasteiger partial charge on any atom is 0.303 e. The smallest absolute Gasteiger partial charge is 0.303 e. The summed E-state index contributed by atoms with van der Waals surface area (Å²) in [6.45, 7) is 0.928. The van der Waals surface area contributed by atoms with Gasteiger partial charge in [0, 0.05) is 24.6 Å². The minimum absolute atomic E-state index is 0.0478. The molecule has 116 valence electrons. The minimum Gasteiger partial charge on any atom is -0.481 e. The molecule has 3 nitrogen and oxygen atoms in total. The Labute approximate surface area is 131 Å². The normalized spacial score (nSPS) is 19.7. The maximum absolute atomic E-state index is 14.1. The van der Waals surface area contributed by atoms with Crippen LogP contribution in [0.25, 0.3) is 0 Å². The Morgan fingerprint density at radius 1 is 1.38 bits per heavy atom. The molecule has 1 saturated heterocycles. The SMILES string of the molecule is O=C(O)CCC1CCCCN1Cc1c(F)ccc(Br)c1F. The molecule has 1 aromatic rings. The van der Waals surface area contributed by atoms with Crippen LogP contribution in [0, 0.1) is 11.6 Å². The summed E-state index contributed by atoms with van der Waals surface area (Å²) in [6.07, 6.45) is 3.49. The first-order valence-electron chi connectivity index (χ1n) is 7.07. The number of benzene rings is 1. The van der Waals surface area contributed by atoms with Crippen molar-refractivity contribution in [3.63, 3.8) is 0 Å². The fourth-order valence-corrected chi connectivity index (χ4v) is 3.17. The van der Waals surface area contributed by atoms with Gasteiger partial charge in [-0.2, -0.15) is 0 Å². The summed E-state index contributed by atoms with van der Waals surface area (Å²) in [5, 5.41) is 8.80. The first-order valence-corrected chi connectivity index (χ1v) is 7.86. The third-order valence-corrected chi connectivity index (χ3v) is 4.55. The van der Waals surface area contributed by atoms with Crippen molar-refractivity contribution in [2.45, 2.75) is 44.7 Å². The number of carboxylic acids is 1. The number of hydrogen-bond donors (Lipinski definition) is 1. The fraction of sp³-hybridized carbons (Fsp3) is 0.533. The molecular formula is C15H18BrF2NO2. The molecule has 0 bridgehead atoms. The third kappa shape index (κ3) is 4.23. The summed E-state index contributed by atoms with van der Waals surface area (Å²) in [6, 6.07) is 2.68. The maximum atomic E-state index is 14.1. The van der Waals surface area contributed by atoms with Crippen molar-refractivity contribution in [2.75, 3.05) is 6.54 Å². The summed E-state index contributed by atoms with van der Waals surface area (Å²) in [5.74, 6) is -1.96. The van der Waals surface area contributed by atoms with Crippen molar-refractivity contribution < 1.29 is 18.7 Å². The van der Waals surface area contributed by atoms with E-state index in [1.54, 1.807) is 0 Å². The van der Waals surface area contributed by atoms with Gasteiger partial charge in [-0.25, -0.2) is 8.78 Å². The molecule has 0 aliphatic carbocycles. The molecule has 1 aromatic carbocycles. The second kappa shape index (κ2) is 7.31. The van der Waals surface area contributed by atoms with Crippen molar-refractivity contribution in [1.82, 2.24) is 4.90 Å². The highest BCUT2D eigenvalue weighted by Gasteiger charge is 2.25. The second-order valence-corrected chi connectivity index (χ2v) is 6.23. The average Bonchev–Trinajstić information content (AvgIpc) is 2.46. The van der Waals surface area contributed by atoms with Gasteiger partial charge in [-0.3, -0.25) is 9.69 Å². The van der Waals surface area contributed by atoms with Crippen molar-refractivity contribution in [2.24, 2.45) is 0 Å². The molecule has 1 atom stereocenters. The Hall–Kier alpha value is -1.01. The Kier molecular flexibility index (Phi) is 5.70. The van der Waals surface area contributed by atoms with E-state index in [9.17, 15) is 13.6 Å². The van der Waals surface area contributed by atoms with Gasteiger partial charge < -0.3 is 5.11 Å². The van der Waals surface area contributed by atoms with Crippen LogP contribution in [0.4, 0.5) is 8.78 Å². The molecular weight excluding hydrogens is 344 g/mol. The third-order valence-electron chi connectivity index (χ3n) is 3.94. The molecule has 0 spiro atoms. The molecule has 1 heterocycles. The van der Waals surface area contributed by atoms with Crippen LogP contribution in [0.1, 0.15) is 37.7 Å². The zero-order chi connectivity index (χ0) is 15.4. The van der Waals surface area contributed by atoms with Crippen LogP contribution >= 0.6 is 15.9 Å². The molecule has 2 rings (SSSR count). The van der Waals surface area contributed by atoms with E-state index in [0.29, 0.717) is 6.42 Å². The van der Waals surface area contributed by atoms with E-state index in [4.69, 9.17) is 5.11 Å². The monoisotopic (exact) mass is 361 g/mol. The predicted molar refractivity (Wildman–Crippen MR) is 79.0 cm³/mol. The van der Waals surface area contributed by atoms with Gasteiger partial charge in [-0.1, -0.05) is 6.42 Å². The Bertz CT molecular complexity index is 525. The molecule has 1 N–H and O–H groups in total. The number of carbonyl (C=O) groups is 1. The number of hydrogen-bond acceptors (Lipinski definition) is 2. The lowest BCUT2D eigenvalue weighted by Gasteiger charge is -2.35. The Morgan fingerprint density at radius 3 is 2.86 bits per heavy atom. The van der Waals surface area contributed by atoms with Crippen molar-refractivity contribution >= 4 is 21.9 Å². The van der Waals surface area contributed by atoms with E-state index in [-0.39, 0.29) is 29.0 Å². The minimum atomic E-state index is -0.833. The number of nitrogens with zero attached hydrogens (tertiary/aromatic N) is 1. The molecule has 0 amide bonds. The molecule has 1 aliphatic rings. The molecule has 0 radical (unpaired) electrons. The highest BCUT2D eigenvalue weighted by molar-refractivity contribution is 9.10. The Balaban J connectivity index is 2.12. The van der Waals surface area contributed by atoms with Gasteiger partial charge in [0.2, 0.25) is 0 Å². The van der Waals surface area contributed by atoms with E-state index in [1.165, 1.54) is 12.1 Å². The fourth-order valence-electron chi connectivity index (χ4n) is 2.80. The van der Waals surface area contributed by atoms with Crippen molar-refractivity contribution in [3.8, 4) is 0 Å². The number of piperidine rings is 1. The van der Waals surface area contributed by atoms with Gasteiger partial charge in [0.15, 0.2) is 0 Å². The first kappa shape index (κ1) is 16.4. The number of halogens is 3. The molecule has 21 heavy (non-hydrogen) atoms. The van der Waals surface area contributed by atoms with Gasteiger partial charge in [0.05, 0.1) is 4.47 Å². The van der Waals surface area contributed by atoms with E-state index in [2.05, 4.69) is 15.9 Å². The number of aliphatic carboxylic acids is 1. The van der Waals surface area contributed by atoms with E-state index >= 15 is 0 Å². The number of likely N-dealkylation sites (tertiary alicyclic amines) is 1. The van der Waals surface area contributed by atoms with Gasteiger partial charge in [0.1, 0.15) is 11.6 Å². The summed E-state index contributed by atoms with van der Waals surface area (Å²) in [7, 11) is 0. The van der Waals surface area contributed by atoms with Gasteiger partial charge in [0.25, 0.3) is 0 Å². The second-order valence-electron chi connectivity index (χ2n) is 5.37. The quantitative estimate of drug-likeness (QED) is 0.807. The highest BCUT2D eigenvalue weighted by atomic mass is 79.9. The molecule has 0 saturated carbocycles. The van der Waals surface area contributed by atoms with Crippen LogP contribution in [-0.4, -0.2) is 28.6 Å². The van der Waals surface area contributed by atoms with Crippen molar-refractivity contribution in [1.29, 1.82) is 0 Å². The van der Waals surface area contributed by atoms with Crippen LogP contribution in [-0.2, 0) is 11.3 Å². The lowest BCUT2D eigenvalue weighted by atomic mass is 9.97. The molecule has 1 aliphatic heterocycles. The van der Waals surface area contributed by atoms with Gasteiger partial charge >= 0.3 is 5.97 Å². The Morgan fingerprint density at radius 2 is 2.14 bits per heavy atom. The summed E-state index contributed by atoms with van der Waals surface area (Å²) >= 11 is 3.07. The lowest BCUT2D eigenvalue weighted by Crippen LogP contribution is -2.39. The van der Waals surface area contributed by atoms with Crippen molar-refractivity contribution in [3.05, 3.63) is 33.8 Å².